The first-order valence-electron chi connectivity index (χ1n) is 9.91. The van der Waals surface area contributed by atoms with E-state index in [1.165, 1.54) is 22.9 Å². The van der Waals surface area contributed by atoms with E-state index in [2.05, 4.69) is 40.0 Å². The molecule has 5 rings (SSSR count). The Hall–Kier alpha value is -1.52. The number of piperidine rings is 2. The van der Waals surface area contributed by atoms with Crippen molar-refractivity contribution < 1.29 is 4.79 Å². The van der Waals surface area contributed by atoms with Gasteiger partial charge in [0, 0.05) is 42.5 Å². The molecule has 0 bridgehead atoms. The quantitative estimate of drug-likeness (QED) is 0.828. The minimum absolute atomic E-state index is 0.116. The molecule has 5 heteroatoms. The van der Waals surface area contributed by atoms with Crippen LogP contribution in [0.15, 0.2) is 18.2 Å². The number of hydrogen-bond donors (Lipinski definition) is 1. The van der Waals surface area contributed by atoms with Gasteiger partial charge < -0.3 is 14.8 Å². The molecule has 1 aromatic carbocycles. The molecule has 1 N–H and O–H groups in total. The molecule has 138 valence electrons. The summed E-state index contributed by atoms with van der Waals surface area (Å²) in [6, 6.07) is 6.91. The Morgan fingerprint density at radius 1 is 1.23 bits per heavy atom. The number of H-pyrrole nitrogens is 1. The summed E-state index contributed by atoms with van der Waals surface area (Å²) in [6.07, 6.45) is 5.52. The zero-order valence-corrected chi connectivity index (χ0v) is 16.1. The summed E-state index contributed by atoms with van der Waals surface area (Å²) in [5, 5.41) is 2.09. The molecule has 2 aliphatic heterocycles. The van der Waals surface area contributed by atoms with Crippen LogP contribution in [-0.2, 0) is 11.2 Å². The number of amides is 1. The van der Waals surface area contributed by atoms with Crippen molar-refractivity contribution in [3.63, 3.8) is 0 Å². The summed E-state index contributed by atoms with van der Waals surface area (Å²) < 4.78 is 0. The van der Waals surface area contributed by atoms with Gasteiger partial charge in [-0.3, -0.25) is 4.79 Å². The molecule has 0 unspecified atom stereocenters. The van der Waals surface area contributed by atoms with Crippen LogP contribution in [0.25, 0.3) is 10.9 Å². The van der Waals surface area contributed by atoms with Crippen molar-refractivity contribution in [2.45, 2.75) is 44.1 Å². The summed E-state index contributed by atoms with van der Waals surface area (Å²) >= 11 is 6.50. The maximum absolute atomic E-state index is 13.1. The Labute approximate surface area is 159 Å². The van der Waals surface area contributed by atoms with Gasteiger partial charge in [0.25, 0.3) is 0 Å². The fraction of sp³-hybridized carbons (Fsp3) is 0.571. The Morgan fingerprint density at radius 2 is 2.04 bits per heavy atom. The molecule has 3 heterocycles. The van der Waals surface area contributed by atoms with Crippen LogP contribution < -0.4 is 0 Å². The molecule has 1 aliphatic carbocycles. The van der Waals surface area contributed by atoms with Gasteiger partial charge in [-0.1, -0.05) is 23.7 Å². The normalized spacial score (nSPS) is 29.0. The van der Waals surface area contributed by atoms with E-state index >= 15 is 0 Å². The molecule has 2 aromatic rings. The summed E-state index contributed by atoms with van der Waals surface area (Å²) in [7, 11) is 2.18. The van der Waals surface area contributed by atoms with Gasteiger partial charge in [0.1, 0.15) is 5.15 Å². The summed E-state index contributed by atoms with van der Waals surface area (Å²) in [5.74, 6) is 0.904. The van der Waals surface area contributed by atoms with E-state index in [1.807, 2.05) is 0 Å². The number of carbonyl (C=O) groups excluding carboxylic acids is 1. The minimum atomic E-state index is 0.116. The van der Waals surface area contributed by atoms with Gasteiger partial charge in [-0.15, -0.1) is 0 Å². The van der Waals surface area contributed by atoms with Crippen molar-refractivity contribution in [3.8, 4) is 0 Å². The number of carbonyl (C=O) groups is 1. The lowest BCUT2D eigenvalue weighted by atomic mass is 9.72. The molecule has 26 heavy (non-hydrogen) atoms. The van der Waals surface area contributed by atoms with Crippen LogP contribution in [-0.4, -0.2) is 53.4 Å². The molecule has 3 atom stereocenters. The summed E-state index contributed by atoms with van der Waals surface area (Å²) in [4.78, 5) is 21.0. The van der Waals surface area contributed by atoms with Gasteiger partial charge in [0.15, 0.2) is 0 Å². The third-order valence-corrected chi connectivity index (χ3v) is 7.14. The molecule has 0 radical (unpaired) electrons. The number of halogens is 1. The average molecular weight is 372 g/mol. The van der Waals surface area contributed by atoms with E-state index in [0.29, 0.717) is 17.9 Å². The number of aromatic nitrogens is 1. The topological polar surface area (TPSA) is 39.3 Å². The second-order valence-electron chi connectivity index (χ2n) is 8.32. The highest BCUT2D eigenvalue weighted by Gasteiger charge is 2.43. The maximum Gasteiger partial charge on any atom is 0.226 e. The van der Waals surface area contributed by atoms with Gasteiger partial charge in [-0.05, 0) is 56.3 Å². The Kier molecular flexibility index (Phi) is 4.02. The first-order chi connectivity index (χ1) is 12.6. The number of likely N-dealkylation sites (tertiary alicyclic amines) is 2. The number of nitrogens with one attached hydrogen (secondary N) is 1. The van der Waals surface area contributed by atoms with E-state index in [-0.39, 0.29) is 5.92 Å². The molecule has 2 saturated heterocycles. The Balaban J connectivity index is 1.49. The van der Waals surface area contributed by atoms with Crippen molar-refractivity contribution in [1.29, 1.82) is 0 Å². The number of rotatable bonds is 1. The van der Waals surface area contributed by atoms with Crippen LogP contribution in [0.5, 0.6) is 0 Å². The van der Waals surface area contributed by atoms with Crippen LogP contribution in [0.1, 0.15) is 42.7 Å². The molecule has 1 amide bonds. The smallest absolute Gasteiger partial charge is 0.226 e. The first-order valence-corrected chi connectivity index (χ1v) is 10.3. The van der Waals surface area contributed by atoms with Gasteiger partial charge in [-0.25, -0.2) is 0 Å². The molecule has 3 aliphatic rings. The van der Waals surface area contributed by atoms with E-state index in [1.54, 1.807) is 0 Å². The number of benzene rings is 1. The van der Waals surface area contributed by atoms with Crippen LogP contribution in [0.3, 0.4) is 0 Å². The predicted octanol–water partition coefficient (Wildman–Crippen LogP) is 3.79. The lowest BCUT2D eigenvalue weighted by Gasteiger charge is -2.46. The van der Waals surface area contributed by atoms with Crippen LogP contribution in [0, 0.1) is 5.92 Å². The first kappa shape index (κ1) is 16.6. The van der Waals surface area contributed by atoms with E-state index < -0.39 is 0 Å². The van der Waals surface area contributed by atoms with Gasteiger partial charge in [-0.2, -0.15) is 0 Å². The average Bonchev–Trinajstić information content (AvgIpc) is 2.99. The molecule has 0 saturated carbocycles. The molecule has 0 spiro atoms. The van der Waals surface area contributed by atoms with Gasteiger partial charge >= 0.3 is 0 Å². The second kappa shape index (κ2) is 6.28. The standard InChI is InChI=1S/C21H26ClN3O/c1-24-12-13(21(26)25-8-3-2-4-9-25)10-15-14-6-5-7-17-19(14)16(11-18(15)24)20(22)23-17/h5-7,13,15,18,23H,2-4,8-12H2,1H3/t13-,15-,18-/m1/s1. The molecule has 2 fully saturated rings. The summed E-state index contributed by atoms with van der Waals surface area (Å²) in [5.41, 5.74) is 3.76. The Bertz CT molecular complexity index is 854. The summed E-state index contributed by atoms with van der Waals surface area (Å²) in [6.45, 7) is 2.75. The van der Waals surface area contributed by atoms with E-state index in [4.69, 9.17) is 11.6 Å². The van der Waals surface area contributed by atoms with E-state index in [9.17, 15) is 4.79 Å². The number of fused-ring (bicyclic) bond motifs is 2. The van der Waals surface area contributed by atoms with Crippen molar-refractivity contribution >= 4 is 28.4 Å². The van der Waals surface area contributed by atoms with Crippen LogP contribution in [0.2, 0.25) is 5.15 Å². The molecule has 4 nitrogen and oxygen atoms in total. The predicted molar refractivity (Wildman–Crippen MR) is 105 cm³/mol. The SMILES string of the molecule is CN1C[C@H](C(=O)N2CCCCC2)C[C@@H]2c3cccc4[nH]c(Cl)c(c34)C[C@H]21. The highest BCUT2D eigenvalue weighted by molar-refractivity contribution is 6.32. The fourth-order valence-corrected chi connectivity index (χ4v) is 5.81. The van der Waals surface area contributed by atoms with Crippen molar-refractivity contribution in [3.05, 3.63) is 34.5 Å². The van der Waals surface area contributed by atoms with Gasteiger partial charge in [0.05, 0.1) is 5.92 Å². The second-order valence-corrected chi connectivity index (χ2v) is 8.70. The third kappa shape index (κ3) is 2.49. The largest absolute Gasteiger partial charge is 0.345 e. The van der Waals surface area contributed by atoms with Gasteiger partial charge in [0.2, 0.25) is 5.91 Å². The maximum atomic E-state index is 13.1. The Morgan fingerprint density at radius 3 is 2.85 bits per heavy atom. The molecule has 1 aromatic heterocycles. The number of hydrogen-bond acceptors (Lipinski definition) is 2. The zero-order chi connectivity index (χ0) is 17.8. The lowest BCUT2D eigenvalue weighted by Crippen LogP contribution is -2.52. The molecular weight excluding hydrogens is 346 g/mol. The van der Waals surface area contributed by atoms with Crippen molar-refractivity contribution in [2.24, 2.45) is 5.92 Å². The zero-order valence-electron chi connectivity index (χ0n) is 15.3. The number of nitrogens with zero attached hydrogens (tertiary/aromatic N) is 2. The fourth-order valence-electron chi connectivity index (χ4n) is 5.54. The van der Waals surface area contributed by atoms with Crippen LogP contribution in [0.4, 0.5) is 0 Å². The van der Waals surface area contributed by atoms with Crippen molar-refractivity contribution in [2.75, 3.05) is 26.7 Å². The molecular formula is C21H26ClN3O. The lowest BCUT2D eigenvalue weighted by molar-refractivity contribution is -0.139. The van der Waals surface area contributed by atoms with Crippen LogP contribution >= 0.6 is 11.6 Å². The number of aromatic amines is 1. The monoisotopic (exact) mass is 371 g/mol. The highest BCUT2D eigenvalue weighted by Crippen LogP contribution is 2.46. The highest BCUT2D eigenvalue weighted by atomic mass is 35.5. The third-order valence-electron chi connectivity index (χ3n) is 6.81. The minimum Gasteiger partial charge on any atom is -0.345 e. The van der Waals surface area contributed by atoms with E-state index in [0.717, 1.165) is 56.0 Å². The number of likely N-dealkylation sites (N-methyl/N-ethyl adjacent to an activating group) is 1. The van der Waals surface area contributed by atoms with Crippen molar-refractivity contribution in [1.82, 2.24) is 14.8 Å².